The van der Waals surface area contributed by atoms with Crippen molar-refractivity contribution < 1.29 is 0 Å². The van der Waals surface area contributed by atoms with Crippen LogP contribution in [0.1, 0.15) is 23.1 Å². The Morgan fingerprint density at radius 3 is 1.47 bits per heavy atom. The standard InChI is InChI=1S/C45H32N2/c1-5-17-32(18-6-1)36-25-13-16-28-40(44(36)35-23-11-4-12-24-35)39-29-30-41(38-27-15-14-26-37(38)39)45-46-42(33-19-7-2-8-20-33)31-43(47-45)34-21-9-3-10-22-34/h1-15,17-31H,16H2. The lowest BCUT2D eigenvalue weighted by Crippen LogP contribution is -1.99. The Balaban J connectivity index is 1.35. The van der Waals surface area contributed by atoms with Crippen molar-refractivity contribution in [2.45, 2.75) is 6.42 Å². The maximum Gasteiger partial charge on any atom is 0.161 e. The molecule has 2 heteroatoms. The first-order valence-electron chi connectivity index (χ1n) is 16.1. The molecule has 0 aliphatic heterocycles. The molecule has 1 aliphatic rings. The van der Waals surface area contributed by atoms with Crippen LogP contribution in [0.25, 0.3) is 61.4 Å². The summed E-state index contributed by atoms with van der Waals surface area (Å²) in [4.78, 5) is 10.4. The van der Waals surface area contributed by atoms with Crippen LogP contribution in [0.15, 0.2) is 182 Å². The van der Waals surface area contributed by atoms with Gasteiger partial charge in [0, 0.05) is 16.7 Å². The molecule has 1 aliphatic carbocycles. The fourth-order valence-corrected chi connectivity index (χ4v) is 6.53. The van der Waals surface area contributed by atoms with Crippen LogP contribution in [0.5, 0.6) is 0 Å². The molecular formula is C45H32N2. The molecule has 0 saturated carbocycles. The van der Waals surface area contributed by atoms with E-state index < -0.39 is 0 Å². The zero-order valence-corrected chi connectivity index (χ0v) is 25.9. The second-order valence-electron chi connectivity index (χ2n) is 11.7. The Labute approximate surface area is 275 Å². The summed E-state index contributed by atoms with van der Waals surface area (Å²) in [5.74, 6) is 0.716. The second kappa shape index (κ2) is 12.7. The minimum Gasteiger partial charge on any atom is -0.228 e. The highest BCUT2D eigenvalue weighted by Gasteiger charge is 2.21. The maximum absolute atomic E-state index is 5.18. The van der Waals surface area contributed by atoms with Crippen LogP contribution in [0.3, 0.4) is 0 Å². The van der Waals surface area contributed by atoms with Crippen molar-refractivity contribution in [3.63, 3.8) is 0 Å². The summed E-state index contributed by atoms with van der Waals surface area (Å²) >= 11 is 0. The van der Waals surface area contributed by atoms with Gasteiger partial charge in [-0.3, -0.25) is 0 Å². The van der Waals surface area contributed by atoms with Gasteiger partial charge in [-0.15, -0.1) is 0 Å². The van der Waals surface area contributed by atoms with Gasteiger partial charge in [0.05, 0.1) is 11.4 Å². The number of hydrogen-bond donors (Lipinski definition) is 0. The van der Waals surface area contributed by atoms with Gasteiger partial charge < -0.3 is 0 Å². The molecule has 47 heavy (non-hydrogen) atoms. The number of allylic oxidation sites excluding steroid dienone is 6. The van der Waals surface area contributed by atoms with Crippen LogP contribution in [0.2, 0.25) is 0 Å². The van der Waals surface area contributed by atoms with Gasteiger partial charge in [-0.25, -0.2) is 9.97 Å². The average Bonchev–Trinajstić information content (AvgIpc) is 3.39. The highest BCUT2D eigenvalue weighted by atomic mass is 14.9. The van der Waals surface area contributed by atoms with Gasteiger partial charge in [0.2, 0.25) is 0 Å². The number of fused-ring (bicyclic) bond motifs is 1. The van der Waals surface area contributed by atoms with Crippen molar-refractivity contribution in [3.05, 3.63) is 199 Å². The Hall–Kier alpha value is -6.12. The van der Waals surface area contributed by atoms with Crippen LogP contribution in [0, 0.1) is 0 Å². The van der Waals surface area contributed by atoms with E-state index in [1.54, 1.807) is 0 Å². The quantitative estimate of drug-likeness (QED) is 0.190. The van der Waals surface area contributed by atoms with Crippen LogP contribution in [0.4, 0.5) is 0 Å². The van der Waals surface area contributed by atoms with Gasteiger partial charge in [0.1, 0.15) is 0 Å². The van der Waals surface area contributed by atoms with E-state index in [9.17, 15) is 0 Å². The molecule has 0 spiro atoms. The topological polar surface area (TPSA) is 25.8 Å². The van der Waals surface area contributed by atoms with Crippen molar-refractivity contribution >= 4 is 27.5 Å². The van der Waals surface area contributed by atoms with E-state index >= 15 is 0 Å². The van der Waals surface area contributed by atoms with E-state index in [1.165, 1.54) is 38.8 Å². The van der Waals surface area contributed by atoms with Gasteiger partial charge in [0.15, 0.2) is 5.82 Å². The predicted octanol–water partition coefficient (Wildman–Crippen LogP) is 11.6. The lowest BCUT2D eigenvalue weighted by atomic mass is 9.84. The smallest absolute Gasteiger partial charge is 0.161 e. The van der Waals surface area contributed by atoms with E-state index in [1.807, 2.05) is 12.1 Å². The molecule has 0 saturated heterocycles. The molecule has 0 amide bonds. The summed E-state index contributed by atoms with van der Waals surface area (Å²) < 4.78 is 0. The second-order valence-corrected chi connectivity index (χ2v) is 11.7. The minimum atomic E-state index is 0.716. The molecule has 8 rings (SSSR count). The molecule has 2 nitrogen and oxygen atoms in total. The molecule has 0 unspecified atom stereocenters. The number of benzene rings is 6. The molecule has 1 aromatic heterocycles. The molecule has 0 atom stereocenters. The highest BCUT2D eigenvalue weighted by Crippen LogP contribution is 2.43. The van der Waals surface area contributed by atoms with Crippen molar-refractivity contribution in [3.8, 4) is 33.9 Å². The molecule has 7 aromatic rings. The van der Waals surface area contributed by atoms with E-state index in [-0.39, 0.29) is 0 Å². The minimum absolute atomic E-state index is 0.716. The Morgan fingerprint density at radius 2 is 0.894 bits per heavy atom. The summed E-state index contributed by atoms with van der Waals surface area (Å²) in [6.07, 6.45) is 7.77. The third kappa shape index (κ3) is 5.62. The number of hydrogen-bond acceptors (Lipinski definition) is 2. The van der Waals surface area contributed by atoms with E-state index in [4.69, 9.17) is 9.97 Å². The molecule has 0 bridgehead atoms. The first-order chi connectivity index (χ1) is 23.3. The SMILES string of the molecule is C1=CC(c2ccccc2)=C(c2ccccc2)C(c2ccc(-c3nc(-c4ccccc4)cc(-c4ccccc4)n3)c3ccccc23)=CC1. The zero-order valence-electron chi connectivity index (χ0n) is 25.9. The van der Waals surface area contributed by atoms with E-state index in [0.717, 1.165) is 39.9 Å². The van der Waals surface area contributed by atoms with Crippen LogP contribution < -0.4 is 0 Å². The summed E-state index contributed by atoms with van der Waals surface area (Å²) in [5.41, 5.74) is 12.2. The Bertz CT molecular complexity index is 2220. The van der Waals surface area contributed by atoms with E-state index in [2.05, 4.69) is 170 Å². The lowest BCUT2D eigenvalue weighted by molar-refractivity contribution is 1.19. The van der Waals surface area contributed by atoms with Crippen LogP contribution in [-0.2, 0) is 0 Å². The predicted molar refractivity (Wildman–Crippen MR) is 197 cm³/mol. The first-order valence-corrected chi connectivity index (χ1v) is 16.1. The number of aromatic nitrogens is 2. The molecule has 6 aromatic carbocycles. The molecule has 222 valence electrons. The van der Waals surface area contributed by atoms with E-state index in [0.29, 0.717) is 5.82 Å². The third-order valence-electron chi connectivity index (χ3n) is 8.75. The Morgan fingerprint density at radius 1 is 0.426 bits per heavy atom. The average molecular weight is 601 g/mol. The Kier molecular flexibility index (Phi) is 7.67. The van der Waals surface area contributed by atoms with Gasteiger partial charge in [0.25, 0.3) is 0 Å². The van der Waals surface area contributed by atoms with Crippen molar-refractivity contribution in [1.29, 1.82) is 0 Å². The normalized spacial score (nSPS) is 13.0. The maximum atomic E-state index is 5.18. The van der Waals surface area contributed by atoms with Crippen molar-refractivity contribution in [2.24, 2.45) is 0 Å². The molecule has 0 radical (unpaired) electrons. The monoisotopic (exact) mass is 600 g/mol. The lowest BCUT2D eigenvalue weighted by Gasteiger charge is -2.20. The fourth-order valence-electron chi connectivity index (χ4n) is 6.53. The molecular weight excluding hydrogens is 569 g/mol. The molecule has 0 fully saturated rings. The summed E-state index contributed by atoms with van der Waals surface area (Å²) in [6.45, 7) is 0. The summed E-state index contributed by atoms with van der Waals surface area (Å²) in [7, 11) is 0. The molecule has 1 heterocycles. The highest BCUT2D eigenvalue weighted by molar-refractivity contribution is 6.20. The largest absolute Gasteiger partial charge is 0.228 e. The van der Waals surface area contributed by atoms with Gasteiger partial charge in [-0.1, -0.05) is 170 Å². The number of rotatable bonds is 6. The number of nitrogens with zero attached hydrogens (tertiary/aromatic N) is 2. The third-order valence-corrected chi connectivity index (χ3v) is 8.75. The summed E-state index contributed by atoms with van der Waals surface area (Å²) in [5, 5.41) is 2.30. The fraction of sp³-hybridized carbons (Fsp3) is 0.0222. The van der Waals surface area contributed by atoms with Crippen LogP contribution >= 0.6 is 0 Å². The molecule has 0 N–H and O–H groups in total. The van der Waals surface area contributed by atoms with Gasteiger partial charge >= 0.3 is 0 Å². The van der Waals surface area contributed by atoms with Gasteiger partial charge in [-0.05, 0) is 62.7 Å². The van der Waals surface area contributed by atoms with Crippen molar-refractivity contribution in [2.75, 3.05) is 0 Å². The zero-order chi connectivity index (χ0) is 31.4. The summed E-state index contributed by atoms with van der Waals surface area (Å²) in [6, 6.07) is 57.5. The van der Waals surface area contributed by atoms with Crippen LogP contribution in [-0.4, -0.2) is 9.97 Å². The first kappa shape index (κ1) is 28.4. The van der Waals surface area contributed by atoms with Crippen molar-refractivity contribution in [1.82, 2.24) is 9.97 Å². The van der Waals surface area contributed by atoms with Gasteiger partial charge in [-0.2, -0.15) is 0 Å².